The summed E-state index contributed by atoms with van der Waals surface area (Å²) in [6.07, 6.45) is 1.51. The number of hydrogen-bond donors (Lipinski definition) is 2. The van der Waals surface area contributed by atoms with Gasteiger partial charge in [0.25, 0.3) is 5.91 Å². The second-order valence-corrected chi connectivity index (χ2v) is 5.95. The van der Waals surface area contributed by atoms with E-state index in [9.17, 15) is 10.1 Å². The van der Waals surface area contributed by atoms with Gasteiger partial charge in [0.15, 0.2) is 16.6 Å². The van der Waals surface area contributed by atoms with E-state index in [-0.39, 0.29) is 16.5 Å². The minimum Gasteiger partial charge on any atom is -0.494 e. The summed E-state index contributed by atoms with van der Waals surface area (Å²) < 4.78 is 28.8. The summed E-state index contributed by atoms with van der Waals surface area (Å²) in [6.45, 7) is -2.71. The van der Waals surface area contributed by atoms with Crippen molar-refractivity contribution in [2.24, 2.45) is 7.05 Å². The molecule has 142 valence electrons. The highest BCUT2D eigenvalue weighted by Crippen LogP contribution is 2.38. The van der Waals surface area contributed by atoms with Gasteiger partial charge in [-0.25, -0.2) is 4.98 Å². The van der Waals surface area contributed by atoms with E-state index in [0.29, 0.717) is 28.4 Å². The Morgan fingerprint density at radius 1 is 1.39 bits per heavy atom. The van der Waals surface area contributed by atoms with Crippen LogP contribution in [0.2, 0.25) is 5.15 Å². The average Bonchev–Trinajstić information content (AvgIpc) is 3.06. The molecule has 0 aliphatic carbocycles. The molecule has 0 unspecified atom stereocenters. The number of nitrogens with one attached hydrogen (secondary N) is 2. The van der Waals surface area contributed by atoms with Crippen molar-refractivity contribution >= 4 is 28.9 Å². The molecule has 0 atom stereocenters. The Morgan fingerprint density at radius 3 is 2.93 bits per heavy atom. The van der Waals surface area contributed by atoms with Crippen molar-refractivity contribution in [1.29, 1.82) is 5.26 Å². The Kier molecular flexibility index (Phi) is 4.37. The number of carbonyl (C=O) groups is 1. The third kappa shape index (κ3) is 3.45. The number of carbonyl (C=O) groups excluding carboxylic acids is 1. The molecular formula is C18H16ClN7O2. The Labute approximate surface area is 170 Å². The molecule has 0 bridgehead atoms. The molecule has 2 aromatic heterocycles. The minimum atomic E-state index is -2.71. The standard InChI is InChI=1S/C18H16ClN7O2/c1-21-18(27)16-12(7-14(19)24-25-16)23-11-6-4-5-10(17(11)28-3)15-13(8-20)26(2)9-22-15/h4-7,9H,1-3H3,(H,21,27)(H,23,24)/i1D3. The van der Waals surface area contributed by atoms with E-state index in [2.05, 4.69) is 26.6 Å². The van der Waals surface area contributed by atoms with Crippen molar-refractivity contribution in [1.82, 2.24) is 25.1 Å². The fraction of sp³-hybridized carbons (Fsp3) is 0.167. The number of methoxy groups -OCH3 is 1. The first-order valence-corrected chi connectivity index (χ1v) is 8.24. The zero-order valence-corrected chi connectivity index (χ0v) is 15.6. The number of anilines is 2. The molecular weight excluding hydrogens is 382 g/mol. The number of halogens is 1. The van der Waals surface area contributed by atoms with Crippen molar-refractivity contribution in [3.05, 3.63) is 47.1 Å². The number of ether oxygens (including phenoxy) is 1. The lowest BCUT2D eigenvalue weighted by Crippen LogP contribution is -2.21. The Balaban J connectivity index is 2.07. The van der Waals surface area contributed by atoms with Crippen LogP contribution in [0, 0.1) is 11.3 Å². The number of imidazole rings is 1. The van der Waals surface area contributed by atoms with Crippen LogP contribution in [0.5, 0.6) is 5.75 Å². The van der Waals surface area contributed by atoms with E-state index in [1.165, 1.54) is 19.5 Å². The van der Waals surface area contributed by atoms with Crippen molar-refractivity contribution in [3.63, 3.8) is 0 Å². The molecule has 0 radical (unpaired) electrons. The molecule has 0 saturated carbocycles. The molecule has 1 amide bonds. The predicted octanol–water partition coefficient (Wildman–Crippen LogP) is 2.51. The summed E-state index contributed by atoms with van der Waals surface area (Å²) >= 11 is 5.93. The van der Waals surface area contributed by atoms with Gasteiger partial charge < -0.3 is 19.9 Å². The molecule has 3 aromatic rings. The number of nitriles is 1. The predicted molar refractivity (Wildman–Crippen MR) is 104 cm³/mol. The number of aromatic nitrogens is 4. The number of amides is 1. The number of aryl methyl sites for hydroxylation is 1. The fourth-order valence-electron chi connectivity index (χ4n) is 2.64. The molecule has 2 heterocycles. The number of rotatable bonds is 5. The van der Waals surface area contributed by atoms with Gasteiger partial charge in [0.1, 0.15) is 17.5 Å². The summed E-state index contributed by atoms with van der Waals surface area (Å²) in [4.78, 5) is 16.7. The molecule has 0 aliphatic heterocycles. The van der Waals surface area contributed by atoms with E-state index >= 15 is 0 Å². The second-order valence-electron chi connectivity index (χ2n) is 5.56. The summed E-state index contributed by atoms with van der Waals surface area (Å²) in [5, 5.41) is 21.6. The van der Waals surface area contributed by atoms with Crippen LogP contribution >= 0.6 is 11.6 Å². The van der Waals surface area contributed by atoms with Gasteiger partial charge in [0.05, 0.1) is 24.8 Å². The van der Waals surface area contributed by atoms with Gasteiger partial charge in [-0.15, -0.1) is 10.2 Å². The van der Waals surface area contributed by atoms with Crippen LogP contribution in [0.15, 0.2) is 30.6 Å². The van der Waals surface area contributed by atoms with Crippen LogP contribution in [0.25, 0.3) is 11.3 Å². The monoisotopic (exact) mass is 400 g/mol. The van der Waals surface area contributed by atoms with E-state index in [1.54, 1.807) is 29.8 Å². The quantitative estimate of drug-likeness (QED) is 0.675. The van der Waals surface area contributed by atoms with Gasteiger partial charge in [0, 0.05) is 29.8 Å². The SMILES string of the molecule is [2H]C([2H])([2H])NC(=O)c1nnc(Cl)cc1Nc1cccc(-c2ncn(C)c2C#N)c1OC. The number of nitrogens with zero attached hydrogens (tertiary/aromatic N) is 5. The van der Waals surface area contributed by atoms with Gasteiger partial charge in [-0.2, -0.15) is 5.26 Å². The maximum atomic E-state index is 12.4. The van der Waals surface area contributed by atoms with Crippen molar-refractivity contribution in [3.8, 4) is 23.1 Å². The first-order valence-electron chi connectivity index (χ1n) is 9.36. The maximum absolute atomic E-state index is 12.4. The van der Waals surface area contributed by atoms with Crippen LogP contribution in [0.4, 0.5) is 11.4 Å². The first kappa shape index (κ1) is 15.4. The van der Waals surface area contributed by atoms with Gasteiger partial charge in [-0.1, -0.05) is 17.7 Å². The fourth-order valence-corrected chi connectivity index (χ4v) is 2.78. The molecule has 0 fully saturated rings. The molecule has 28 heavy (non-hydrogen) atoms. The number of hydrogen-bond acceptors (Lipinski definition) is 7. The maximum Gasteiger partial charge on any atom is 0.273 e. The Bertz CT molecular complexity index is 1190. The normalized spacial score (nSPS) is 12.3. The van der Waals surface area contributed by atoms with Crippen LogP contribution in [-0.2, 0) is 7.05 Å². The largest absolute Gasteiger partial charge is 0.494 e. The minimum absolute atomic E-state index is 0.0143. The average molecular weight is 401 g/mol. The zero-order chi connectivity index (χ0) is 22.8. The molecule has 0 spiro atoms. The molecule has 0 saturated heterocycles. The zero-order valence-electron chi connectivity index (χ0n) is 17.8. The molecule has 10 heteroatoms. The first-order chi connectivity index (χ1) is 14.6. The molecule has 3 rings (SSSR count). The smallest absolute Gasteiger partial charge is 0.273 e. The highest BCUT2D eigenvalue weighted by Gasteiger charge is 2.20. The lowest BCUT2D eigenvalue weighted by Gasteiger charge is -2.16. The van der Waals surface area contributed by atoms with E-state index in [1.807, 2.05) is 5.32 Å². The van der Waals surface area contributed by atoms with Crippen LogP contribution in [-0.4, -0.2) is 39.7 Å². The van der Waals surface area contributed by atoms with Gasteiger partial charge in [0.2, 0.25) is 0 Å². The van der Waals surface area contributed by atoms with Crippen LogP contribution in [0.3, 0.4) is 0 Å². The highest BCUT2D eigenvalue weighted by atomic mass is 35.5. The Hall–Kier alpha value is -3.64. The summed E-state index contributed by atoms with van der Waals surface area (Å²) in [5.74, 6) is -0.619. The third-order valence-electron chi connectivity index (χ3n) is 3.88. The van der Waals surface area contributed by atoms with Gasteiger partial charge in [-0.05, 0) is 12.1 Å². The van der Waals surface area contributed by atoms with E-state index in [0.717, 1.165) is 0 Å². The van der Waals surface area contributed by atoms with E-state index < -0.39 is 12.9 Å². The van der Waals surface area contributed by atoms with E-state index in [4.69, 9.17) is 20.5 Å². The summed E-state index contributed by atoms with van der Waals surface area (Å²) in [5.41, 5.74) is 1.52. The topological polar surface area (TPSA) is 118 Å². The summed E-state index contributed by atoms with van der Waals surface area (Å²) in [6, 6.07) is 8.52. The van der Waals surface area contributed by atoms with Crippen molar-refractivity contribution in [2.45, 2.75) is 0 Å². The third-order valence-corrected chi connectivity index (χ3v) is 4.06. The lowest BCUT2D eigenvalue weighted by molar-refractivity contribution is 0.0958. The molecule has 2 N–H and O–H groups in total. The second kappa shape index (κ2) is 7.94. The number of benzene rings is 1. The van der Waals surface area contributed by atoms with Gasteiger partial charge in [-0.3, -0.25) is 4.79 Å². The van der Waals surface area contributed by atoms with Gasteiger partial charge >= 0.3 is 0 Å². The van der Waals surface area contributed by atoms with Crippen LogP contribution < -0.4 is 15.4 Å². The van der Waals surface area contributed by atoms with Crippen LogP contribution in [0.1, 0.15) is 20.3 Å². The lowest BCUT2D eigenvalue weighted by atomic mass is 10.1. The number of para-hydroxylation sites is 1. The summed E-state index contributed by atoms with van der Waals surface area (Å²) in [7, 11) is 3.14. The highest BCUT2D eigenvalue weighted by molar-refractivity contribution is 6.29. The molecule has 0 aliphatic rings. The van der Waals surface area contributed by atoms with Crippen molar-refractivity contribution < 1.29 is 13.6 Å². The molecule has 9 nitrogen and oxygen atoms in total. The van der Waals surface area contributed by atoms with Crippen molar-refractivity contribution in [2.75, 3.05) is 19.4 Å². The Morgan fingerprint density at radius 2 is 2.21 bits per heavy atom. The molecule has 1 aromatic carbocycles.